The SMILES string of the molecule is CCOc1ccc(S(=O)(=O)N[C@H](Cc2ccccc2)C(=O)N[C@@H](C)c2ccc(Cl)cc2)cc1Cl. The van der Waals surface area contributed by atoms with Crippen molar-refractivity contribution in [1.29, 1.82) is 0 Å². The second kappa shape index (κ2) is 11.7. The fourth-order valence-corrected chi connectivity index (χ4v) is 5.01. The molecule has 180 valence electrons. The van der Waals surface area contributed by atoms with Crippen LogP contribution in [0.4, 0.5) is 0 Å². The van der Waals surface area contributed by atoms with Crippen LogP contribution in [0.5, 0.6) is 5.75 Å². The molecular weight excluding hydrogens is 495 g/mol. The van der Waals surface area contributed by atoms with E-state index in [2.05, 4.69) is 10.0 Å². The fourth-order valence-electron chi connectivity index (χ4n) is 3.36. The number of amides is 1. The number of carbonyl (C=O) groups is 1. The van der Waals surface area contributed by atoms with Gasteiger partial charge in [0.25, 0.3) is 0 Å². The van der Waals surface area contributed by atoms with E-state index in [4.69, 9.17) is 27.9 Å². The summed E-state index contributed by atoms with van der Waals surface area (Å²) < 4.78 is 34.2. The molecule has 0 fully saturated rings. The monoisotopic (exact) mass is 520 g/mol. The normalized spacial score (nSPS) is 13.2. The van der Waals surface area contributed by atoms with Gasteiger partial charge in [0, 0.05) is 5.02 Å². The molecule has 3 rings (SSSR count). The minimum atomic E-state index is -4.05. The lowest BCUT2D eigenvalue weighted by molar-refractivity contribution is -0.123. The average Bonchev–Trinajstić information content (AvgIpc) is 2.81. The van der Waals surface area contributed by atoms with Crippen molar-refractivity contribution in [2.24, 2.45) is 0 Å². The quantitative estimate of drug-likeness (QED) is 0.386. The van der Waals surface area contributed by atoms with Gasteiger partial charge in [-0.15, -0.1) is 0 Å². The van der Waals surface area contributed by atoms with Crippen LogP contribution in [-0.4, -0.2) is 27.0 Å². The van der Waals surface area contributed by atoms with Gasteiger partial charge < -0.3 is 10.1 Å². The van der Waals surface area contributed by atoms with Crippen molar-refractivity contribution >= 4 is 39.1 Å². The van der Waals surface area contributed by atoms with E-state index >= 15 is 0 Å². The third-order valence-electron chi connectivity index (χ3n) is 5.14. The number of ether oxygens (including phenoxy) is 1. The molecule has 2 atom stereocenters. The van der Waals surface area contributed by atoms with Gasteiger partial charge in [0.05, 0.1) is 22.6 Å². The van der Waals surface area contributed by atoms with Crippen LogP contribution in [0.25, 0.3) is 0 Å². The van der Waals surface area contributed by atoms with Gasteiger partial charge in [0.1, 0.15) is 11.8 Å². The second-order valence-corrected chi connectivity index (χ2v) is 10.2. The van der Waals surface area contributed by atoms with E-state index < -0.39 is 22.0 Å². The molecular formula is C25H26Cl2N2O4S. The van der Waals surface area contributed by atoms with Crippen LogP contribution in [0.1, 0.15) is 31.0 Å². The summed E-state index contributed by atoms with van der Waals surface area (Å²) in [6.45, 7) is 4.02. The molecule has 9 heteroatoms. The number of hydrogen-bond acceptors (Lipinski definition) is 4. The van der Waals surface area contributed by atoms with E-state index in [9.17, 15) is 13.2 Å². The van der Waals surface area contributed by atoms with Gasteiger partial charge in [0.15, 0.2) is 0 Å². The summed E-state index contributed by atoms with van der Waals surface area (Å²) in [4.78, 5) is 13.1. The predicted octanol–water partition coefficient (Wildman–Crippen LogP) is 5.16. The Morgan fingerprint density at radius 3 is 2.29 bits per heavy atom. The molecule has 0 spiro atoms. The number of halogens is 2. The minimum absolute atomic E-state index is 0.0578. The van der Waals surface area contributed by atoms with Crippen LogP contribution in [-0.2, 0) is 21.2 Å². The van der Waals surface area contributed by atoms with E-state index in [1.807, 2.05) is 49.4 Å². The van der Waals surface area contributed by atoms with Gasteiger partial charge in [-0.1, -0.05) is 65.7 Å². The minimum Gasteiger partial charge on any atom is -0.492 e. The highest BCUT2D eigenvalue weighted by Crippen LogP contribution is 2.27. The predicted molar refractivity (Wildman–Crippen MR) is 135 cm³/mol. The zero-order valence-electron chi connectivity index (χ0n) is 18.8. The topological polar surface area (TPSA) is 84.5 Å². The Hall–Kier alpha value is -2.58. The summed E-state index contributed by atoms with van der Waals surface area (Å²) in [6, 6.07) is 19.1. The van der Waals surface area contributed by atoms with Crippen molar-refractivity contribution in [3.8, 4) is 5.75 Å². The van der Waals surface area contributed by atoms with Crippen molar-refractivity contribution in [2.75, 3.05) is 6.61 Å². The summed E-state index contributed by atoms with van der Waals surface area (Å²) in [6.07, 6.45) is 0.171. The van der Waals surface area contributed by atoms with E-state index in [-0.39, 0.29) is 22.4 Å². The Bertz CT molecular complexity index is 1220. The molecule has 0 heterocycles. The third-order valence-corrected chi connectivity index (χ3v) is 7.16. The zero-order chi connectivity index (χ0) is 24.7. The first kappa shape index (κ1) is 26.0. The van der Waals surface area contributed by atoms with Crippen molar-refractivity contribution < 1.29 is 17.9 Å². The molecule has 0 aliphatic heterocycles. The number of sulfonamides is 1. The number of nitrogens with one attached hydrogen (secondary N) is 2. The molecule has 1 amide bonds. The molecule has 0 unspecified atom stereocenters. The van der Waals surface area contributed by atoms with Gasteiger partial charge in [-0.3, -0.25) is 4.79 Å². The average molecular weight is 521 g/mol. The standard InChI is InChI=1S/C25H26Cl2N2O4S/c1-3-33-24-14-13-21(16-22(24)27)34(31,32)29-23(15-18-7-5-4-6-8-18)25(30)28-17(2)19-9-11-20(26)12-10-19/h4-14,16-17,23,29H,3,15H2,1-2H3,(H,28,30)/t17-,23+/m0/s1. The van der Waals surface area contributed by atoms with Crippen LogP contribution in [0.3, 0.4) is 0 Å². The molecule has 3 aromatic rings. The van der Waals surface area contributed by atoms with E-state index in [1.54, 1.807) is 19.1 Å². The molecule has 0 saturated carbocycles. The smallest absolute Gasteiger partial charge is 0.241 e. The highest BCUT2D eigenvalue weighted by Gasteiger charge is 2.27. The maximum Gasteiger partial charge on any atom is 0.241 e. The molecule has 0 aliphatic carbocycles. The lowest BCUT2D eigenvalue weighted by atomic mass is 10.0. The van der Waals surface area contributed by atoms with E-state index in [0.29, 0.717) is 17.4 Å². The van der Waals surface area contributed by atoms with Crippen LogP contribution in [0.2, 0.25) is 10.0 Å². The van der Waals surface area contributed by atoms with Crippen molar-refractivity contribution in [3.05, 3.63) is 94.0 Å². The van der Waals surface area contributed by atoms with E-state index in [1.165, 1.54) is 18.2 Å². The third kappa shape index (κ3) is 6.96. The van der Waals surface area contributed by atoms with Crippen molar-refractivity contribution in [1.82, 2.24) is 10.0 Å². The number of benzene rings is 3. The molecule has 0 aliphatic rings. The maximum atomic E-state index is 13.2. The molecule has 0 radical (unpaired) electrons. The van der Waals surface area contributed by atoms with Crippen LogP contribution in [0, 0.1) is 0 Å². The van der Waals surface area contributed by atoms with Gasteiger partial charge >= 0.3 is 0 Å². The highest BCUT2D eigenvalue weighted by molar-refractivity contribution is 7.89. The van der Waals surface area contributed by atoms with Gasteiger partial charge in [-0.2, -0.15) is 4.72 Å². The van der Waals surface area contributed by atoms with Gasteiger partial charge in [-0.05, 0) is 61.7 Å². The zero-order valence-corrected chi connectivity index (χ0v) is 21.1. The molecule has 2 N–H and O–H groups in total. The Morgan fingerprint density at radius 1 is 1.00 bits per heavy atom. The lowest BCUT2D eigenvalue weighted by Crippen LogP contribution is -2.48. The van der Waals surface area contributed by atoms with Gasteiger partial charge in [0.2, 0.25) is 15.9 Å². The maximum absolute atomic E-state index is 13.2. The number of carbonyl (C=O) groups excluding carboxylic acids is 1. The number of rotatable bonds is 10. The first-order valence-electron chi connectivity index (χ1n) is 10.7. The van der Waals surface area contributed by atoms with Gasteiger partial charge in [-0.25, -0.2) is 8.42 Å². The Labute approximate surface area is 210 Å². The van der Waals surface area contributed by atoms with Crippen molar-refractivity contribution in [3.63, 3.8) is 0 Å². The Morgan fingerprint density at radius 2 is 1.68 bits per heavy atom. The van der Waals surface area contributed by atoms with E-state index in [0.717, 1.165) is 11.1 Å². The second-order valence-electron chi connectivity index (χ2n) is 7.67. The summed E-state index contributed by atoms with van der Waals surface area (Å²) in [5, 5.41) is 3.65. The first-order valence-corrected chi connectivity index (χ1v) is 13.0. The molecule has 34 heavy (non-hydrogen) atoms. The van der Waals surface area contributed by atoms with Crippen LogP contribution in [0.15, 0.2) is 77.7 Å². The lowest BCUT2D eigenvalue weighted by Gasteiger charge is -2.22. The summed E-state index contributed by atoms with van der Waals surface area (Å²) >= 11 is 12.1. The highest BCUT2D eigenvalue weighted by atomic mass is 35.5. The Kier molecular flexibility index (Phi) is 8.97. The fraction of sp³-hybridized carbons (Fsp3) is 0.240. The summed E-state index contributed by atoms with van der Waals surface area (Å²) in [7, 11) is -4.05. The molecule has 0 bridgehead atoms. The molecule has 3 aromatic carbocycles. The van der Waals surface area contributed by atoms with Crippen molar-refractivity contribution in [2.45, 2.75) is 37.2 Å². The first-order chi connectivity index (χ1) is 16.2. The molecule has 0 aromatic heterocycles. The van der Waals surface area contributed by atoms with Crippen LogP contribution >= 0.6 is 23.2 Å². The van der Waals surface area contributed by atoms with Crippen LogP contribution < -0.4 is 14.8 Å². The largest absolute Gasteiger partial charge is 0.492 e. The summed E-state index contributed by atoms with van der Waals surface area (Å²) in [5.74, 6) is -0.0644. The Balaban J connectivity index is 1.84. The summed E-state index contributed by atoms with van der Waals surface area (Å²) in [5.41, 5.74) is 1.66. The molecule has 0 saturated heterocycles. The number of hydrogen-bond donors (Lipinski definition) is 2. The molecule has 6 nitrogen and oxygen atoms in total.